The average molecular weight is 229 g/mol. The Kier molecular flexibility index (Phi) is 5.73. The molecule has 1 aliphatic heterocycles. The van der Waals surface area contributed by atoms with Crippen molar-refractivity contribution in [2.75, 3.05) is 26.4 Å². The molecular weight excluding hydrogens is 202 g/mol. The van der Waals surface area contributed by atoms with Crippen molar-refractivity contribution in [2.45, 2.75) is 52.2 Å². The Labute approximate surface area is 99.9 Å². The Morgan fingerprint density at radius 1 is 1.31 bits per heavy atom. The summed E-state index contributed by atoms with van der Waals surface area (Å²) in [6.07, 6.45) is 2.60. The van der Waals surface area contributed by atoms with Crippen molar-refractivity contribution in [3.05, 3.63) is 0 Å². The van der Waals surface area contributed by atoms with E-state index in [1.54, 1.807) is 0 Å². The van der Waals surface area contributed by atoms with Crippen molar-refractivity contribution >= 4 is 0 Å². The highest BCUT2D eigenvalue weighted by Gasteiger charge is 2.16. The van der Waals surface area contributed by atoms with Crippen LogP contribution in [0.1, 0.15) is 40.5 Å². The predicted molar refractivity (Wildman–Crippen MR) is 66.7 cm³/mol. The molecule has 16 heavy (non-hydrogen) atoms. The van der Waals surface area contributed by atoms with Gasteiger partial charge in [0, 0.05) is 31.9 Å². The summed E-state index contributed by atoms with van der Waals surface area (Å²) in [6, 6.07) is 0. The van der Waals surface area contributed by atoms with Gasteiger partial charge in [-0.2, -0.15) is 0 Å². The highest BCUT2D eigenvalue weighted by atomic mass is 16.5. The minimum absolute atomic E-state index is 0.177. The number of hydrogen-bond acceptors (Lipinski definition) is 3. The second-order valence-electron chi connectivity index (χ2n) is 5.83. The monoisotopic (exact) mass is 229 g/mol. The first-order valence-corrected chi connectivity index (χ1v) is 6.42. The van der Waals surface area contributed by atoms with Crippen molar-refractivity contribution < 1.29 is 9.47 Å². The maximum absolute atomic E-state index is 5.86. The Morgan fingerprint density at radius 3 is 2.50 bits per heavy atom. The molecule has 1 N–H and O–H groups in total. The second-order valence-corrected chi connectivity index (χ2v) is 5.83. The summed E-state index contributed by atoms with van der Waals surface area (Å²) in [5.74, 6) is 0.700. The SMILES string of the molecule is CC(CNC(C)(C)C)OCC1CCOCC1. The summed E-state index contributed by atoms with van der Waals surface area (Å²) in [5, 5.41) is 3.46. The smallest absolute Gasteiger partial charge is 0.0671 e. The molecule has 0 aromatic heterocycles. The Balaban J connectivity index is 2.07. The van der Waals surface area contributed by atoms with Gasteiger partial charge >= 0.3 is 0 Å². The van der Waals surface area contributed by atoms with Crippen LogP contribution < -0.4 is 5.32 Å². The van der Waals surface area contributed by atoms with Gasteiger partial charge in [-0.3, -0.25) is 0 Å². The first-order chi connectivity index (χ1) is 7.47. The Hall–Kier alpha value is -0.120. The van der Waals surface area contributed by atoms with Crippen LogP contribution in [0.15, 0.2) is 0 Å². The molecule has 1 aliphatic rings. The van der Waals surface area contributed by atoms with Crippen molar-refractivity contribution in [1.82, 2.24) is 5.32 Å². The van der Waals surface area contributed by atoms with E-state index in [9.17, 15) is 0 Å². The van der Waals surface area contributed by atoms with Gasteiger partial charge in [0.2, 0.25) is 0 Å². The van der Waals surface area contributed by atoms with Gasteiger partial charge in [0.05, 0.1) is 6.10 Å². The minimum atomic E-state index is 0.177. The van der Waals surface area contributed by atoms with Crippen LogP contribution in [0.4, 0.5) is 0 Å². The fraction of sp³-hybridized carbons (Fsp3) is 1.00. The summed E-state index contributed by atoms with van der Waals surface area (Å²) in [6.45, 7) is 12.3. The molecule has 1 heterocycles. The lowest BCUT2D eigenvalue weighted by atomic mass is 10.0. The lowest BCUT2D eigenvalue weighted by Gasteiger charge is -2.26. The highest BCUT2D eigenvalue weighted by Crippen LogP contribution is 2.15. The van der Waals surface area contributed by atoms with Crippen LogP contribution in [0.2, 0.25) is 0 Å². The first kappa shape index (κ1) is 13.9. The van der Waals surface area contributed by atoms with Gasteiger partial charge in [-0.25, -0.2) is 0 Å². The van der Waals surface area contributed by atoms with E-state index in [0.29, 0.717) is 12.0 Å². The molecule has 0 saturated carbocycles. The lowest BCUT2D eigenvalue weighted by Crippen LogP contribution is -2.41. The van der Waals surface area contributed by atoms with Gasteiger partial charge < -0.3 is 14.8 Å². The van der Waals surface area contributed by atoms with Crippen LogP contribution in [0.3, 0.4) is 0 Å². The van der Waals surface area contributed by atoms with E-state index in [1.807, 2.05) is 0 Å². The third kappa shape index (κ3) is 6.46. The number of ether oxygens (including phenoxy) is 2. The molecule has 1 rings (SSSR count). The lowest BCUT2D eigenvalue weighted by molar-refractivity contribution is -0.00579. The Morgan fingerprint density at radius 2 is 1.94 bits per heavy atom. The summed E-state index contributed by atoms with van der Waals surface area (Å²) >= 11 is 0. The summed E-state index contributed by atoms with van der Waals surface area (Å²) < 4.78 is 11.2. The molecule has 0 aromatic rings. The van der Waals surface area contributed by atoms with Crippen molar-refractivity contribution in [1.29, 1.82) is 0 Å². The molecule has 0 amide bonds. The van der Waals surface area contributed by atoms with E-state index in [4.69, 9.17) is 9.47 Å². The second kappa shape index (κ2) is 6.58. The van der Waals surface area contributed by atoms with Crippen LogP contribution in [0.25, 0.3) is 0 Å². The molecule has 0 bridgehead atoms. The standard InChI is InChI=1S/C13H27NO2/c1-11(9-14-13(2,3)4)16-10-12-5-7-15-8-6-12/h11-12,14H,5-10H2,1-4H3. The van der Waals surface area contributed by atoms with Gasteiger partial charge in [-0.1, -0.05) is 0 Å². The molecule has 3 heteroatoms. The number of nitrogens with one attached hydrogen (secondary N) is 1. The molecule has 1 unspecified atom stereocenters. The molecule has 1 saturated heterocycles. The van der Waals surface area contributed by atoms with Crippen molar-refractivity contribution in [2.24, 2.45) is 5.92 Å². The van der Waals surface area contributed by atoms with E-state index in [2.05, 4.69) is 33.0 Å². The molecule has 1 atom stereocenters. The van der Waals surface area contributed by atoms with E-state index in [1.165, 1.54) is 0 Å². The molecule has 0 aliphatic carbocycles. The normalized spacial score (nSPS) is 21.0. The fourth-order valence-corrected chi connectivity index (χ4v) is 1.72. The molecular formula is C13H27NO2. The molecule has 3 nitrogen and oxygen atoms in total. The fourth-order valence-electron chi connectivity index (χ4n) is 1.72. The molecule has 0 radical (unpaired) electrons. The molecule has 0 spiro atoms. The zero-order valence-corrected chi connectivity index (χ0v) is 11.2. The van der Waals surface area contributed by atoms with Crippen LogP contribution in [-0.4, -0.2) is 38.0 Å². The summed E-state index contributed by atoms with van der Waals surface area (Å²) in [7, 11) is 0. The zero-order chi connectivity index (χ0) is 12.0. The number of rotatable bonds is 5. The van der Waals surface area contributed by atoms with E-state index < -0.39 is 0 Å². The van der Waals surface area contributed by atoms with Crippen LogP contribution in [-0.2, 0) is 9.47 Å². The highest BCUT2D eigenvalue weighted by molar-refractivity contribution is 4.72. The van der Waals surface area contributed by atoms with Gasteiger partial charge in [0.1, 0.15) is 0 Å². The van der Waals surface area contributed by atoms with Crippen molar-refractivity contribution in [3.8, 4) is 0 Å². The number of hydrogen-bond donors (Lipinski definition) is 1. The predicted octanol–water partition coefficient (Wildman–Crippen LogP) is 2.21. The summed E-state index contributed by atoms with van der Waals surface area (Å²) in [5.41, 5.74) is 0.177. The zero-order valence-electron chi connectivity index (χ0n) is 11.2. The third-order valence-corrected chi connectivity index (χ3v) is 2.88. The van der Waals surface area contributed by atoms with Gasteiger partial charge in [-0.15, -0.1) is 0 Å². The van der Waals surface area contributed by atoms with Crippen molar-refractivity contribution in [3.63, 3.8) is 0 Å². The van der Waals surface area contributed by atoms with Gasteiger partial charge in [0.25, 0.3) is 0 Å². The quantitative estimate of drug-likeness (QED) is 0.784. The molecule has 0 aromatic carbocycles. The molecule has 96 valence electrons. The topological polar surface area (TPSA) is 30.5 Å². The van der Waals surface area contributed by atoms with E-state index in [-0.39, 0.29) is 5.54 Å². The largest absolute Gasteiger partial charge is 0.381 e. The maximum atomic E-state index is 5.86. The van der Waals surface area contributed by atoms with E-state index >= 15 is 0 Å². The average Bonchev–Trinajstić information content (AvgIpc) is 2.24. The third-order valence-electron chi connectivity index (χ3n) is 2.88. The van der Waals surface area contributed by atoms with Gasteiger partial charge in [0.15, 0.2) is 0 Å². The van der Waals surface area contributed by atoms with Gasteiger partial charge in [-0.05, 0) is 46.5 Å². The van der Waals surface area contributed by atoms with Crippen LogP contribution in [0.5, 0.6) is 0 Å². The minimum Gasteiger partial charge on any atom is -0.381 e. The first-order valence-electron chi connectivity index (χ1n) is 6.42. The van der Waals surface area contributed by atoms with E-state index in [0.717, 1.165) is 39.2 Å². The van der Waals surface area contributed by atoms with Crippen LogP contribution in [0, 0.1) is 5.92 Å². The maximum Gasteiger partial charge on any atom is 0.0671 e. The summed E-state index contributed by atoms with van der Waals surface area (Å²) in [4.78, 5) is 0. The van der Waals surface area contributed by atoms with Crippen LogP contribution >= 0.6 is 0 Å². The molecule has 1 fully saturated rings. The Bertz CT molecular complexity index is 183.